The molecule has 0 bridgehead atoms. The van der Waals surface area contributed by atoms with Crippen molar-refractivity contribution in [3.8, 4) is 6.07 Å². The second kappa shape index (κ2) is 7.03. The molecule has 1 aromatic carbocycles. The van der Waals surface area contributed by atoms with Crippen LogP contribution in [0.25, 0.3) is 5.52 Å². The monoisotopic (exact) mass is 348 g/mol. The van der Waals surface area contributed by atoms with E-state index in [0.717, 1.165) is 22.2 Å². The number of aromatic nitrogens is 2. The lowest BCUT2D eigenvalue weighted by Crippen LogP contribution is -2.12. The first kappa shape index (κ1) is 17.1. The molecule has 0 amide bonds. The molecule has 130 valence electrons. The van der Waals surface area contributed by atoms with Gasteiger partial charge in [0.1, 0.15) is 0 Å². The number of nitriles is 1. The van der Waals surface area contributed by atoms with E-state index in [1.54, 1.807) is 59.4 Å². The average molecular weight is 348 g/mol. The minimum atomic E-state index is -0.405. The second-order valence-corrected chi connectivity index (χ2v) is 5.89. The zero-order valence-electron chi connectivity index (χ0n) is 14.3. The van der Waals surface area contributed by atoms with Crippen molar-refractivity contribution >= 4 is 17.4 Å². The molecule has 8 nitrogen and oxygen atoms in total. The molecule has 0 unspecified atom stereocenters. The van der Waals surface area contributed by atoms with Crippen LogP contribution in [0, 0.1) is 28.4 Å². The van der Waals surface area contributed by atoms with Crippen molar-refractivity contribution in [1.82, 2.24) is 14.6 Å². The van der Waals surface area contributed by atoms with Gasteiger partial charge in [0, 0.05) is 30.9 Å². The van der Waals surface area contributed by atoms with Crippen LogP contribution < -0.4 is 0 Å². The Labute approximate surface area is 149 Å². The average Bonchev–Trinajstić information content (AvgIpc) is 3.03. The van der Waals surface area contributed by atoms with Crippen molar-refractivity contribution < 1.29 is 4.92 Å². The van der Waals surface area contributed by atoms with E-state index in [2.05, 4.69) is 16.3 Å². The summed E-state index contributed by atoms with van der Waals surface area (Å²) in [7, 11) is 1.79. The topological polar surface area (TPSA) is 99.8 Å². The van der Waals surface area contributed by atoms with Gasteiger partial charge in [-0.25, -0.2) is 4.52 Å². The number of benzene rings is 1. The molecule has 0 fully saturated rings. The van der Waals surface area contributed by atoms with Gasteiger partial charge in [0.15, 0.2) is 0 Å². The first-order chi connectivity index (χ1) is 12.5. The van der Waals surface area contributed by atoms with Crippen molar-refractivity contribution in [1.29, 1.82) is 5.26 Å². The highest BCUT2D eigenvalue weighted by molar-refractivity contribution is 5.89. The fourth-order valence-electron chi connectivity index (χ4n) is 2.56. The maximum Gasteiger partial charge on any atom is 0.269 e. The number of hydrogen-bond acceptors (Lipinski definition) is 6. The highest BCUT2D eigenvalue weighted by Gasteiger charge is 2.10. The predicted molar refractivity (Wildman–Crippen MR) is 96.8 cm³/mol. The molecule has 8 heteroatoms. The molecule has 3 rings (SSSR count). The summed E-state index contributed by atoms with van der Waals surface area (Å²) in [5.74, 6) is 0. The predicted octanol–water partition coefficient (Wildman–Crippen LogP) is 2.89. The lowest BCUT2D eigenvalue weighted by molar-refractivity contribution is -0.384. The number of nitro benzene ring substituents is 1. The van der Waals surface area contributed by atoms with Gasteiger partial charge in [-0.15, -0.1) is 0 Å². The van der Waals surface area contributed by atoms with Gasteiger partial charge in [0.05, 0.1) is 41.0 Å². The minimum Gasteiger partial charge on any atom is -0.296 e. The number of non-ortho nitro benzene ring substituents is 1. The van der Waals surface area contributed by atoms with Crippen molar-refractivity contribution in [2.75, 3.05) is 7.05 Å². The van der Waals surface area contributed by atoms with Gasteiger partial charge in [-0.2, -0.15) is 15.5 Å². The first-order valence-corrected chi connectivity index (χ1v) is 7.84. The third-order valence-electron chi connectivity index (χ3n) is 4.02. The molecule has 0 aliphatic carbocycles. The van der Waals surface area contributed by atoms with E-state index < -0.39 is 4.92 Å². The standard InChI is InChI=1S/C18H16N6O2/c1-13-3-4-17(24(25)26)8-15(13)12-22(2)20-10-16-11-21-23-6-5-14(9-19)7-18(16)23/h3-8,10-11H,12H2,1-2H3. The number of rotatable bonds is 5. The maximum atomic E-state index is 10.9. The molecule has 0 spiro atoms. The molecular formula is C18H16N6O2. The highest BCUT2D eigenvalue weighted by atomic mass is 16.6. The smallest absolute Gasteiger partial charge is 0.269 e. The summed E-state index contributed by atoms with van der Waals surface area (Å²) < 4.78 is 1.67. The van der Waals surface area contributed by atoms with Crippen LogP contribution in [-0.4, -0.2) is 32.8 Å². The summed E-state index contributed by atoms with van der Waals surface area (Å²) in [5.41, 5.74) is 3.98. The molecule has 0 saturated heterocycles. The fraction of sp³-hybridized carbons (Fsp3) is 0.167. The number of hydrogen-bond donors (Lipinski definition) is 0. The number of nitro groups is 1. The first-order valence-electron chi connectivity index (χ1n) is 7.84. The number of fused-ring (bicyclic) bond motifs is 1. The van der Waals surface area contributed by atoms with E-state index in [1.807, 2.05) is 6.92 Å². The van der Waals surface area contributed by atoms with Crippen LogP contribution in [0.3, 0.4) is 0 Å². The van der Waals surface area contributed by atoms with Gasteiger partial charge in [-0.3, -0.25) is 15.1 Å². The molecule has 0 N–H and O–H groups in total. The van der Waals surface area contributed by atoms with Crippen LogP contribution in [0.4, 0.5) is 5.69 Å². The van der Waals surface area contributed by atoms with E-state index in [4.69, 9.17) is 5.26 Å². The molecule has 2 heterocycles. The van der Waals surface area contributed by atoms with Crippen LogP contribution in [0.2, 0.25) is 0 Å². The second-order valence-electron chi connectivity index (χ2n) is 5.89. The van der Waals surface area contributed by atoms with E-state index in [0.29, 0.717) is 12.1 Å². The number of pyridine rings is 1. The Balaban J connectivity index is 1.80. The van der Waals surface area contributed by atoms with Gasteiger partial charge in [-0.05, 0) is 30.2 Å². The zero-order valence-corrected chi connectivity index (χ0v) is 14.3. The highest BCUT2D eigenvalue weighted by Crippen LogP contribution is 2.19. The molecule has 2 aromatic heterocycles. The normalized spacial score (nSPS) is 11.0. The summed E-state index contributed by atoms with van der Waals surface area (Å²) in [4.78, 5) is 10.5. The molecule has 0 aliphatic heterocycles. The molecule has 26 heavy (non-hydrogen) atoms. The van der Waals surface area contributed by atoms with E-state index >= 15 is 0 Å². The van der Waals surface area contributed by atoms with Crippen molar-refractivity contribution in [3.05, 3.63) is 75.1 Å². The Morgan fingerprint density at radius 3 is 2.96 bits per heavy atom. The van der Waals surface area contributed by atoms with E-state index in [1.165, 1.54) is 6.07 Å². The quantitative estimate of drug-likeness (QED) is 0.401. The lowest BCUT2D eigenvalue weighted by Gasteiger charge is -2.14. The largest absolute Gasteiger partial charge is 0.296 e. The molecule has 0 aliphatic rings. The van der Waals surface area contributed by atoms with Crippen LogP contribution in [-0.2, 0) is 6.54 Å². The summed E-state index contributed by atoms with van der Waals surface area (Å²) in [6, 6.07) is 10.3. The fourth-order valence-corrected chi connectivity index (χ4v) is 2.56. The maximum absolute atomic E-state index is 10.9. The minimum absolute atomic E-state index is 0.0645. The van der Waals surface area contributed by atoms with Crippen molar-refractivity contribution in [3.63, 3.8) is 0 Å². The Kier molecular flexibility index (Phi) is 4.62. The number of nitrogens with zero attached hydrogens (tertiary/aromatic N) is 6. The number of aryl methyl sites for hydroxylation is 1. The van der Waals surface area contributed by atoms with E-state index in [-0.39, 0.29) is 5.69 Å². The molecular weight excluding hydrogens is 332 g/mol. The zero-order chi connectivity index (χ0) is 18.7. The Bertz CT molecular complexity index is 1050. The Hall–Kier alpha value is -3.73. The SMILES string of the molecule is Cc1ccc([N+](=O)[O-])cc1CN(C)N=Cc1cnn2ccc(C#N)cc12. The van der Waals surface area contributed by atoms with Gasteiger partial charge in [-0.1, -0.05) is 6.07 Å². The third kappa shape index (κ3) is 3.52. The molecule has 0 atom stereocenters. The van der Waals surface area contributed by atoms with Crippen LogP contribution in [0.15, 0.2) is 47.8 Å². The molecule has 3 aromatic rings. The summed E-state index contributed by atoms with van der Waals surface area (Å²) >= 11 is 0. The molecule has 0 radical (unpaired) electrons. The lowest BCUT2D eigenvalue weighted by atomic mass is 10.1. The Morgan fingerprint density at radius 1 is 1.42 bits per heavy atom. The van der Waals surface area contributed by atoms with E-state index in [9.17, 15) is 10.1 Å². The van der Waals surface area contributed by atoms with Crippen LogP contribution in [0.1, 0.15) is 22.3 Å². The molecule has 0 saturated carbocycles. The Morgan fingerprint density at radius 2 is 2.23 bits per heavy atom. The van der Waals surface area contributed by atoms with Gasteiger partial charge in [0.2, 0.25) is 0 Å². The summed E-state index contributed by atoms with van der Waals surface area (Å²) in [6.07, 6.45) is 5.06. The van der Waals surface area contributed by atoms with Gasteiger partial charge in [0.25, 0.3) is 5.69 Å². The van der Waals surface area contributed by atoms with Gasteiger partial charge < -0.3 is 0 Å². The summed E-state index contributed by atoms with van der Waals surface area (Å²) in [5, 5.41) is 30.3. The van der Waals surface area contributed by atoms with Gasteiger partial charge >= 0.3 is 0 Å². The third-order valence-corrected chi connectivity index (χ3v) is 4.02. The van der Waals surface area contributed by atoms with Crippen LogP contribution >= 0.6 is 0 Å². The van der Waals surface area contributed by atoms with Crippen molar-refractivity contribution in [2.45, 2.75) is 13.5 Å². The van der Waals surface area contributed by atoms with Crippen molar-refractivity contribution in [2.24, 2.45) is 5.10 Å². The van der Waals surface area contributed by atoms with Crippen LogP contribution in [0.5, 0.6) is 0 Å². The summed E-state index contributed by atoms with van der Waals surface area (Å²) in [6.45, 7) is 2.35. The number of hydrazone groups is 1.